The lowest BCUT2D eigenvalue weighted by Gasteiger charge is -2.16. The first kappa shape index (κ1) is 16.0. The summed E-state index contributed by atoms with van der Waals surface area (Å²) in [7, 11) is 0. The molecule has 0 amide bonds. The summed E-state index contributed by atoms with van der Waals surface area (Å²) in [5.41, 5.74) is 1.13. The molecule has 1 aromatic carbocycles. The highest BCUT2D eigenvalue weighted by molar-refractivity contribution is 5.33. The molecule has 0 aromatic heterocycles. The number of hydrogen-bond acceptors (Lipinski definition) is 3. The lowest BCUT2D eigenvalue weighted by Crippen LogP contribution is -2.27. The average molecular weight is 265 g/mol. The first-order valence-electron chi connectivity index (χ1n) is 7.12. The monoisotopic (exact) mass is 265 g/mol. The summed E-state index contributed by atoms with van der Waals surface area (Å²) in [5, 5.41) is 13.1. The fraction of sp³-hybridized carbons (Fsp3) is 0.625. The molecular weight excluding hydrogens is 238 g/mol. The van der Waals surface area contributed by atoms with Gasteiger partial charge in [0.25, 0.3) is 0 Å². The molecule has 1 atom stereocenters. The van der Waals surface area contributed by atoms with E-state index in [1.807, 2.05) is 32.0 Å². The minimum Gasteiger partial charge on any atom is -0.491 e. The second kappa shape index (κ2) is 8.18. The smallest absolute Gasteiger partial charge is 0.124 e. The minimum absolute atomic E-state index is 0.174. The third-order valence-electron chi connectivity index (χ3n) is 2.77. The maximum absolute atomic E-state index is 9.82. The first-order chi connectivity index (χ1) is 8.99. The van der Waals surface area contributed by atoms with Crippen molar-refractivity contribution in [3.05, 3.63) is 29.8 Å². The number of rotatable bonds is 8. The number of nitrogens with one attached hydrogen (secondary N) is 1. The molecular formula is C16H27NO2. The highest BCUT2D eigenvalue weighted by atomic mass is 16.5. The fourth-order valence-electron chi connectivity index (χ4n) is 2.02. The zero-order chi connectivity index (χ0) is 14.3. The highest BCUT2D eigenvalue weighted by Crippen LogP contribution is 2.19. The summed E-state index contributed by atoms with van der Waals surface area (Å²) >= 11 is 0. The van der Waals surface area contributed by atoms with Crippen LogP contribution in [-0.4, -0.2) is 23.9 Å². The summed E-state index contributed by atoms with van der Waals surface area (Å²) in [5.74, 6) is 1.44. The van der Waals surface area contributed by atoms with Crippen LogP contribution in [0, 0.1) is 5.92 Å². The van der Waals surface area contributed by atoms with Crippen molar-refractivity contribution in [1.29, 1.82) is 0 Å². The number of aliphatic hydroxyl groups excluding tert-OH is 1. The molecule has 0 aliphatic carbocycles. The number of aliphatic hydroxyl groups is 1. The van der Waals surface area contributed by atoms with Crippen molar-refractivity contribution < 1.29 is 9.84 Å². The van der Waals surface area contributed by atoms with Gasteiger partial charge in [-0.25, -0.2) is 0 Å². The fourth-order valence-corrected chi connectivity index (χ4v) is 2.02. The normalized spacial score (nSPS) is 13.0. The Balaban J connectivity index is 2.44. The van der Waals surface area contributed by atoms with Crippen molar-refractivity contribution in [2.75, 3.05) is 6.54 Å². The van der Waals surface area contributed by atoms with Crippen molar-refractivity contribution in [2.45, 2.75) is 52.9 Å². The van der Waals surface area contributed by atoms with Crippen LogP contribution in [0.5, 0.6) is 5.75 Å². The molecule has 3 heteroatoms. The van der Waals surface area contributed by atoms with E-state index in [2.05, 4.69) is 25.2 Å². The summed E-state index contributed by atoms with van der Waals surface area (Å²) in [4.78, 5) is 0. The van der Waals surface area contributed by atoms with E-state index in [9.17, 15) is 5.11 Å². The lowest BCUT2D eigenvalue weighted by molar-refractivity contribution is 0.146. The molecule has 0 saturated carbocycles. The van der Waals surface area contributed by atoms with Gasteiger partial charge in [0.05, 0.1) is 12.2 Å². The van der Waals surface area contributed by atoms with Gasteiger partial charge in [0, 0.05) is 18.7 Å². The van der Waals surface area contributed by atoms with Crippen molar-refractivity contribution in [3.63, 3.8) is 0 Å². The van der Waals surface area contributed by atoms with Gasteiger partial charge in [-0.2, -0.15) is 0 Å². The highest BCUT2D eigenvalue weighted by Gasteiger charge is 2.08. The van der Waals surface area contributed by atoms with Crippen LogP contribution in [0.4, 0.5) is 0 Å². The number of benzene rings is 1. The van der Waals surface area contributed by atoms with Gasteiger partial charge in [-0.05, 0) is 32.3 Å². The van der Waals surface area contributed by atoms with E-state index in [4.69, 9.17) is 4.74 Å². The van der Waals surface area contributed by atoms with E-state index >= 15 is 0 Å². The van der Waals surface area contributed by atoms with Crippen LogP contribution in [0.25, 0.3) is 0 Å². The Morgan fingerprint density at radius 3 is 2.47 bits per heavy atom. The van der Waals surface area contributed by atoms with Gasteiger partial charge in [0.15, 0.2) is 0 Å². The zero-order valence-electron chi connectivity index (χ0n) is 12.5. The maximum Gasteiger partial charge on any atom is 0.124 e. The molecule has 0 fully saturated rings. The lowest BCUT2D eigenvalue weighted by atomic mass is 10.1. The molecule has 0 bridgehead atoms. The Morgan fingerprint density at radius 1 is 1.16 bits per heavy atom. The predicted octanol–water partition coefficient (Wildman–Crippen LogP) is 2.97. The molecule has 0 aliphatic heterocycles. The van der Waals surface area contributed by atoms with E-state index in [1.165, 1.54) is 0 Å². The van der Waals surface area contributed by atoms with E-state index in [0.29, 0.717) is 12.5 Å². The number of hydrogen-bond donors (Lipinski definition) is 2. The molecule has 1 rings (SSSR count). The third kappa shape index (κ3) is 6.60. The van der Waals surface area contributed by atoms with E-state index < -0.39 is 0 Å². The SMILES string of the molecule is CC(C)CC(O)CNCc1ccccc1OC(C)C. The summed E-state index contributed by atoms with van der Waals surface area (Å²) in [6, 6.07) is 8.03. The molecule has 0 saturated heterocycles. The van der Waals surface area contributed by atoms with Crippen LogP contribution in [0.1, 0.15) is 39.7 Å². The number of ether oxygens (including phenoxy) is 1. The zero-order valence-corrected chi connectivity index (χ0v) is 12.5. The van der Waals surface area contributed by atoms with Gasteiger partial charge in [-0.1, -0.05) is 32.0 Å². The van der Waals surface area contributed by atoms with Crippen LogP contribution in [0.2, 0.25) is 0 Å². The molecule has 0 radical (unpaired) electrons. The Hall–Kier alpha value is -1.06. The molecule has 0 aliphatic rings. The van der Waals surface area contributed by atoms with E-state index in [-0.39, 0.29) is 12.2 Å². The Morgan fingerprint density at radius 2 is 1.84 bits per heavy atom. The largest absolute Gasteiger partial charge is 0.491 e. The topological polar surface area (TPSA) is 41.5 Å². The molecule has 0 heterocycles. The Bertz CT molecular complexity index is 364. The minimum atomic E-state index is -0.279. The second-order valence-corrected chi connectivity index (χ2v) is 5.69. The number of para-hydroxylation sites is 1. The van der Waals surface area contributed by atoms with Crippen molar-refractivity contribution in [3.8, 4) is 5.75 Å². The molecule has 0 spiro atoms. The van der Waals surface area contributed by atoms with Gasteiger partial charge in [-0.15, -0.1) is 0 Å². The summed E-state index contributed by atoms with van der Waals surface area (Å²) in [6.07, 6.45) is 0.725. The first-order valence-corrected chi connectivity index (χ1v) is 7.12. The van der Waals surface area contributed by atoms with Crippen molar-refractivity contribution >= 4 is 0 Å². The van der Waals surface area contributed by atoms with Crippen LogP contribution < -0.4 is 10.1 Å². The molecule has 108 valence electrons. The van der Waals surface area contributed by atoms with Crippen LogP contribution in [0.3, 0.4) is 0 Å². The van der Waals surface area contributed by atoms with Gasteiger partial charge < -0.3 is 15.2 Å². The summed E-state index contributed by atoms with van der Waals surface area (Å²) in [6.45, 7) is 9.63. The molecule has 1 aromatic rings. The van der Waals surface area contributed by atoms with E-state index in [0.717, 1.165) is 24.3 Å². The third-order valence-corrected chi connectivity index (χ3v) is 2.77. The van der Waals surface area contributed by atoms with Crippen LogP contribution >= 0.6 is 0 Å². The standard InChI is InChI=1S/C16H27NO2/c1-12(2)9-15(18)11-17-10-14-7-5-6-8-16(14)19-13(3)4/h5-8,12-13,15,17-18H,9-11H2,1-4H3. The van der Waals surface area contributed by atoms with Gasteiger partial charge >= 0.3 is 0 Å². The Labute approximate surface area is 117 Å². The van der Waals surface area contributed by atoms with Gasteiger partial charge in [0.1, 0.15) is 5.75 Å². The van der Waals surface area contributed by atoms with E-state index in [1.54, 1.807) is 0 Å². The molecule has 1 unspecified atom stereocenters. The average Bonchev–Trinajstić information content (AvgIpc) is 2.29. The van der Waals surface area contributed by atoms with Crippen LogP contribution in [-0.2, 0) is 6.54 Å². The van der Waals surface area contributed by atoms with Crippen molar-refractivity contribution in [2.24, 2.45) is 5.92 Å². The summed E-state index contributed by atoms with van der Waals surface area (Å²) < 4.78 is 5.76. The molecule has 2 N–H and O–H groups in total. The molecule has 3 nitrogen and oxygen atoms in total. The quantitative estimate of drug-likeness (QED) is 0.759. The molecule has 19 heavy (non-hydrogen) atoms. The second-order valence-electron chi connectivity index (χ2n) is 5.69. The Kier molecular flexibility index (Phi) is 6.89. The van der Waals surface area contributed by atoms with Crippen LogP contribution in [0.15, 0.2) is 24.3 Å². The van der Waals surface area contributed by atoms with Crippen molar-refractivity contribution in [1.82, 2.24) is 5.32 Å². The predicted molar refractivity (Wildman–Crippen MR) is 79.4 cm³/mol. The maximum atomic E-state index is 9.82. The van der Waals surface area contributed by atoms with Gasteiger partial charge in [0.2, 0.25) is 0 Å². The van der Waals surface area contributed by atoms with Gasteiger partial charge in [-0.3, -0.25) is 0 Å².